The molecule has 1 aliphatic rings. The molecule has 0 aromatic rings. The molecule has 0 aliphatic heterocycles. The predicted octanol–water partition coefficient (Wildman–Crippen LogP) is 2.29. The van der Waals surface area contributed by atoms with E-state index in [1.165, 1.54) is 25.0 Å². The molecule has 0 aromatic carbocycles. The lowest BCUT2D eigenvalue weighted by Gasteiger charge is -2.07. The topological polar surface area (TPSA) is 20.2 Å². The van der Waals surface area contributed by atoms with Gasteiger partial charge in [-0.05, 0) is 37.2 Å². The molecule has 0 spiro atoms. The lowest BCUT2D eigenvalue weighted by molar-refractivity contribution is 0.147. The van der Waals surface area contributed by atoms with Gasteiger partial charge >= 0.3 is 0 Å². The van der Waals surface area contributed by atoms with Crippen molar-refractivity contribution in [3.05, 3.63) is 0 Å². The van der Waals surface area contributed by atoms with Crippen molar-refractivity contribution in [2.24, 2.45) is 5.92 Å². The van der Waals surface area contributed by atoms with Gasteiger partial charge in [-0.25, -0.2) is 0 Å². The Bertz CT molecular complexity index is 102. The molecule has 1 aliphatic carbocycles. The molecular weight excluding hydrogens is 156 g/mol. The molecule has 0 bridgehead atoms. The lowest BCUT2D eigenvalue weighted by Crippen LogP contribution is -2.07. The van der Waals surface area contributed by atoms with Crippen LogP contribution in [0.3, 0.4) is 0 Å². The molecular formula is C9H18OS. The van der Waals surface area contributed by atoms with Gasteiger partial charge in [-0.1, -0.05) is 12.8 Å². The average Bonchev–Trinajstić information content (AvgIpc) is 2.72. The molecule has 11 heavy (non-hydrogen) atoms. The van der Waals surface area contributed by atoms with Gasteiger partial charge in [0.05, 0.1) is 6.10 Å². The molecule has 0 aromatic heterocycles. The molecule has 0 amide bonds. The molecule has 1 atom stereocenters. The lowest BCUT2D eigenvalue weighted by atomic mass is 10.1. The summed E-state index contributed by atoms with van der Waals surface area (Å²) < 4.78 is 0. The minimum absolute atomic E-state index is 0.00495. The summed E-state index contributed by atoms with van der Waals surface area (Å²) in [7, 11) is 0. The van der Waals surface area contributed by atoms with Gasteiger partial charge in [0.1, 0.15) is 0 Å². The third-order valence-corrected chi connectivity index (χ3v) is 2.89. The largest absolute Gasteiger partial charge is 0.393 e. The smallest absolute Gasteiger partial charge is 0.0543 e. The van der Waals surface area contributed by atoms with E-state index in [0.717, 1.165) is 18.8 Å². The van der Waals surface area contributed by atoms with E-state index in [-0.39, 0.29) is 6.10 Å². The summed E-state index contributed by atoms with van der Waals surface area (Å²) in [6, 6.07) is 0. The van der Waals surface area contributed by atoms with Crippen LogP contribution in [0.1, 0.15) is 32.1 Å². The van der Waals surface area contributed by atoms with Crippen LogP contribution in [-0.2, 0) is 0 Å². The summed E-state index contributed by atoms with van der Waals surface area (Å²) in [6.07, 6.45) is 8.09. The molecule has 1 fully saturated rings. The van der Waals surface area contributed by atoms with Gasteiger partial charge in [0.15, 0.2) is 0 Å². The first-order valence-corrected chi connectivity index (χ1v) is 5.89. The van der Waals surface area contributed by atoms with Crippen molar-refractivity contribution in [1.82, 2.24) is 0 Å². The van der Waals surface area contributed by atoms with Gasteiger partial charge in [-0.2, -0.15) is 11.8 Å². The van der Waals surface area contributed by atoms with Gasteiger partial charge < -0.3 is 5.11 Å². The highest BCUT2D eigenvalue weighted by molar-refractivity contribution is 7.98. The highest BCUT2D eigenvalue weighted by Crippen LogP contribution is 2.34. The second-order valence-corrected chi connectivity index (χ2v) is 4.45. The zero-order chi connectivity index (χ0) is 8.10. The second kappa shape index (κ2) is 5.04. The molecule has 1 rings (SSSR count). The molecule has 1 saturated carbocycles. The minimum atomic E-state index is -0.00495. The van der Waals surface area contributed by atoms with Crippen LogP contribution in [0.5, 0.6) is 0 Å². The predicted molar refractivity (Wildman–Crippen MR) is 51.0 cm³/mol. The van der Waals surface area contributed by atoms with Gasteiger partial charge in [0, 0.05) is 0 Å². The van der Waals surface area contributed by atoms with Gasteiger partial charge in [-0.3, -0.25) is 0 Å². The second-order valence-electron chi connectivity index (χ2n) is 3.47. The molecule has 1 N–H and O–H groups in total. The van der Waals surface area contributed by atoms with Crippen molar-refractivity contribution in [3.63, 3.8) is 0 Å². The van der Waals surface area contributed by atoms with Crippen LogP contribution < -0.4 is 0 Å². The highest BCUT2D eigenvalue weighted by Gasteiger charge is 2.23. The number of hydrogen-bond acceptors (Lipinski definition) is 2. The monoisotopic (exact) mass is 174 g/mol. The number of hydrogen-bond donors (Lipinski definition) is 1. The first-order chi connectivity index (χ1) is 5.33. The SMILES string of the molecule is CSCCCC(O)CC1CC1. The van der Waals surface area contributed by atoms with Crippen molar-refractivity contribution in [2.45, 2.75) is 38.2 Å². The summed E-state index contributed by atoms with van der Waals surface area (Å²) in [5.41, 5.74) is 0. The average molecular weight is 174 g/mol. The molecule has 0 saturated heterocycles. The van der Waals surface area contributed by atoms with Gasteiger partial charge in [-0.15, -0.1) is 0 Å². The van der Waals surface area contributed by atoms with Gasteiger partial charge in [0.25, 0.3) is 0 Å². The molecule has 66 valence electrons. The standard InChI is InChI=1S/C9H18OS/c1-11-6-2-3-9(10)7-8-4-5-8/h8-10H,2-7H2,1H3. The first-order valence-electron chi connectivity index (χ1n) is 4.50. The number of thioether (sulfide) groups is 1. The Hall–Kier alpha value is 0.310. The van der Waals surface area contributed by atoms with Crippen molar-refractivity contribution >= 4 is 11.8 Å². The van der Waals surface area contributed by atoms with Crippen molar-refractivity contribution in [3.8, 4) is 0 Å². The van der Waals surface area contributed by atoms with Crippen LogP contribution in [0, 0.1) is 5.92 Å². The van der Waals surface area contributed by atoms with Crippen LogP contribution in [0.25, 0.3) is 0 Å². The van der Waals surface area contributed by atoms with Crippen molar-refractivity contribution < 1.29 is 5.11 Å². The summed E-state index contributed by atoms with van der Waals surface area (Å²) in [6.45, 7) is 0. The third kappa shape index (κ3) is 4.70. The number of rotatable bonds is 6. The molecule has 1 unspecified atom stereocenters. The molecule has 2 heteroatoms. The van der Waals surface area contributed by atoms with E-state index in [2.05, 4.69) is 6.26 Å². The molecule has 0 radical (unpaired) electrons. The van der Waals surface area contributed by atoms with Crippen LogP contribution in [0.15, 0.2) is 0 Å². The Kier molecular flexibility index (Phi) is 4.31. The maximum atomic E-state index is 9.48. The minimum Gasteiger partial charge on any atom is -0.393 e. The zero-order valence-electron chi connectivity index (χ0n) is 7.25. The van der Waals surface area contributed by atoms with E-state index < -0.39 is 0 Å². The van der Waals surface area contributed by atoms with Crippen LogP contribution in [-0.4, -0.2) is 23.2 Å². The number of aliphatic hydroxyl groups excluding tert-OH is 1. The van der Waals surface area contributed by atoms with Crippen LogP contribution in [0.4, 0.5) is 0 Å². The van der Waals surface area contributed by atoms with E-state index in [1.54, 1.807) is 0 Å². The van der Waals surface area contributed by atoms with E-state index in [0.29, 0.717) is 0 Å². The Morgan fingerprint density at radius 1 is 1.55 bits per heavy atom. The van der Waals surface area contributed by atoms with E-state index in [1.807, 2.05) is 11.8 Å². The summed E-state index contributed by atoms with van der Waals surface area (Å²) in [5, 5.41) is 9.48. The van der Waals surface area contributed by atoms with Crippen molar-refractivity contribution in [1.29, 1.82) is 0 Å². The van der Waals surface area contributed by atoms with Crippen LogP contribution >= 0.6 is 11.8 Å². The molecule has 1 nitrogen and oxygen atoms in total. The van der Waals surface area contributed by atoms with Crippen LogP contribution in [0.2, 0.25) is 0 Å². The zero-order valence-corrected chi connectivity index (χ0v) is 8.07. The Morgan fingerprint density at radius 3 is 2.82 bits per heavy atom. The maximum Gasteiger partial charge on any atom is 0.0543 e. The summed E-state index contributed by atoms with van der Waals surface area (Å²) in [4.78, 5) is 0. The fraction of sp³-hybridized carbons (Fsp3) is 1.00. The Balaban J connectivity index is 1.87. The normalized spacial score (nSPS) is 20.2. The third-order valence-electron chi connectivity index (χ3n) is 2.19. The Labute approximate surface area is 73.6 Å². The van der Waals surface area contributed by atoms with Crippen molar-refractivity contribution in [2.75, 3.05) is 12.0 Å². The summed E-state index contributed by atoms with van der Waals surface area (Å²) in [5.74, 6) is 2.07. The van der Waals surface area contributed by atoms with E-state index >= 15 is 0 Å². The number of aliphatic hydroxyl groups is 1. The fourth-order valence-corrected chi connectivity index (χ4v) is 1.77. The van der Waals surface area contributed by atoms with E-state index in [4.69, 9.17) is 0 Å². The fourth-order valence-electron chi connectivity index (χ4n) is 1.32. The Morgan fingerprint density at radius 2 is 2.27 bits per heavy atom. The quantitative estimate of drug-likeness (QED) is 0.623. The first kappa shape index (κ1) is 9.40. The highest BCUT2D eigenvalue weighted by atomic mass is 32.2. The summed E-state index contributed by atoms with van der Waals surface area (Å²) >= 11 is 1.87. The van der Waals surface area contributed by atoms with Gasteiger partial charge in [0.2, 0.25) is 0 Å². The molecule has 0 heterocycles. The maximum absolute atomic E-state index is 9.48. The van der Waals surface area contributed by atoms with E-state index in [9.17, 15) is 5.11 Å².